The number of carboxylic acid groups (broad SMARTS) is 1. The van der Waals surface area contributed by atoms with Crippen LogP contribution in [0.15, 0.2) is 6.20 Å². The first-order chi connectivity index (χ1) is 8.65. The molecule has 2 heterocycles. The Hall–Kier alpha value is -1.96. The number of carbonyl (C=O) groups is 2. The molecule has 8 heteroatoms. The number of amides is 1. The zero-order valence-corrected chi connectivity index (χ0v) is 9.80. The second kappa shape index (κ2) is 5.58. The minimum absolute atomic E-state index is 0.00971. The summed E-state index contributed by atoms with van der Waals surface area (Å²) in [6.07, 6.45) is 3.05. The largest absolute Gasteiger partial charge is 0.476 e. The van der Waals surface area contributed by atoms with Gasteiger partial charge in [0, 0.05) is 6.04 Å². The van der Waals surface area contributed by atoms with Crippen molar-refractivity contribution in [1.82, 2.24) is 25.6 Å². The fourth-order valence-corrected chi connectivity index (χ4v) is 1.86. The van der Waals surface area contributed by atoms with Crippen LogP contribution in [0.25, 0.3) is 0 Å². The predicted molar refractivity (Wildman–Crippen MR) is 61.0 cm³/mol. The number of carboxylic acids is 1. The molecule has 98 valence electrons. The van der Waals surface area contributed by atoms with Gasteiger partial charge in [0.25, 0.3) is 0 Å². The van der Waals surface area contributed by atoms with Crippen LogP contribution >= 0.6 is 0 Å². The summed E-state index contributed by atoms with van der Waals surface area (Å²) in [6, 6.07) is 0.182. The second-order valence-corrected chi connectivity index (χ2v) is 4.20. The van der Waals surface area contributed by atoms with Gasteiger partial charge in [0.1, 0.15) is 6.54 Å². The molecule has 0 radical (unpaired) electrons. The highest BCUT2D eigenvalue weighted by molar-refractivity contribution is 5.84. The van der Waals surface area contributed by atoms with Crippen LogP contribution in [-0.4, -0.2) is 51.1 Å². The number of rotatable bonds is 4. The average Bonchev–Trinajstić information content (AvgIpc) is 2.78. The number of carbonyl (C=O) groups excluding carboxylic acids is 1. The van der Waals surface area contributed by atoms with Gasteiger partial charge in [0.15, 0.2) is 5.69 Å². The highest BCUT2D eigenvalue weighted by atomic mass is 16.4. The van der Waals surface area contributed by atoms with E-state index in [1.54, 1.807) is 0 Å². The first-order valence-corrected chi connectivity index (χ1v) is 5.78. The lowest BCUT2D eigenvalue weighted by atomic mass is 10.1. The SMILES string of the molecule is O=C(Cn1cc(C(=O)O)nn1)NC1CCNCC1. The van der Waals surface area contributed by atoms with Crippen molar-refractivity contribution < 1.29 is 14.7 Å². The van der Waals surface area contributed by atoms with Crippen LogP contribution in [0.5, 0.6) is 0 Å². The molecule has 0 bridgehead atoms. The van der Waals surface area contributed by atoms with Crippen LogP contribution in [0.3, 0.4) is 0 Å². The van der Waals surface area contributed by atoms with Gasteiger partial charge >= 0.3 is 5.97 Å². The molecule has 0 saturated carbocycles. The topological polar surface area (TPSA) is 109 Å². The Balaban J connectivity index is 1.84. The molecule has 1 fully saturated rings. The monoisotopic (exact) mass is 253 g/mol. The molecule has 0 aromatic carbocycles. The molecule has 1 aromatic rings. The van der Waals surface area contributed by atoms with Gasteiger partial charge in [-0.3, -0.25) is 4.79 Å². The number of hydrogen-bond donors (Lipinski definition) is 3. The van der Waals surface area contributed by atoms with Gasteiger partial charge in [-0.2, -0.15) is 0 Å². The van der Waals surface area contributed by atoms with Gasteiger partial charge in [-0.05, 0) is 25.9 Å². The van der Waals surface area contributed by atoms with Gasteiger partial charge in [-0.15, -0.1) is 5.10 Å². The lowest BCUT2D eigenvalue weighted by Gasteiger charge is -2.23. The Kier molecular flexibility index (Phi) is 3.88. The van der Waals surface area contributed by atoms with Crippen molar-refractivity contribution in [3.63, 3.8) is 0 Å². The van der Waals surface area contributed by atoms with Crippen molar-refractivity contribution in [2.45, 2.75) is 25.4 Å². The normalized spacial score (nSPS) is 16.4. The third-order valence-corrected chi connectivity index (χ3v) is 2.77. The highest BCUT2D eigenvalue weighted by Crippen LogP contribution is 2.02. The maximum Gasteiger partial charge on any atom is 0.358 e. The summed E-state index contributed by atoms with van der Waals surface area (Å²) in [5.74, 6) is -1.33. The standard InChI is InChI=1S/C10H15N5O3/c16-9(12-7-1-3-11-4-2-7)6-15-5-8(10(17)18)13-14-15/h5,7,11H,1-4,6H2,(H,12,16)(H,17,18). The number of piperidine rings is 1. The van der Waals surface area contributed by atoms with E-state index in [0.29, 0.717) is 0 Å². The van der Waals surface area contributed by atoms with Gasteiger partial charge in [-0.1, -0.05) is 5.21 Å². The first kappa shape index (κ1) is 12.5. The van der Waals surface area contributed by atoms with Crippen molar-refractivity contribution in [3.05, 3.63) is 11.9 Å². The minimum atomic E-state index is -1.15. The smallest absolute Gasteiger partial charge is 0.358 e. The molecule has 1 aliphatic heterocycles. The number of hydrogen-bond acceptors (Lipinski definition) is 5. The molecule has 0 atom stereocenters. The molecule has 18 heavy (non-hydrogen) atoms. The number of nitrogens with zero attached hydrogens (tertiary/aromatic N) is 3. The third kappa shape index (κ3) is 3.27. The molecule has 1 aromatic heterocycles. The van der Waals surface area contributed by atoms with Crippen LogP contribution in [0, 0.1) is 0 Å². The van der Waals surface area contributed by atoms with Gasteiger partial charge < -0.3 is 15.7 Å². The van der Waals surface area contributed by atoms with Crippen molar-refractivity contribution in [3.8, 4) is 0 Å². The Morgan fingerprint density at radius 1 is 1.50 bits per heavy atom. The van der Waals surface area contributed by atoms with E-state index >= 15 is 0 Å². The molecular weight excluding hydrogens is 238 g/mol. The summed E-state index contributed by atoms with van der Waals surface area (Å²) in [5, 5.41) is 21.8. The summed E-state index contributed by atoms with van der Waals surface area (Å²) < 4.78 is 1.22. The van der Waals surface area contributed by atoms with E-state index in [0.717, 1.165) is 25.9 Å². The summed E-state index contributed by atoms with van der Waals surface area (Å²) >= 11 is 0. The zero-order valence-electron chi connectivity index (χ0n) is 9.80. The number of aromatic nitrogens is 3. The van der Waals surface area contributed by atoms with E-state index in [1.165, 1.54) is 10.9 Å². The molecule has 1 amide bonds. The maximum atomic E-state index is 11.7. The molecule has 0 unspecified atom stereocenters. The van der Waals surface area contributed by atoms with E-state index in [2.05, 4.69) is 20.9 Å². The quantitative estimate of drug-likeness (QED) is 0.624. The third-order valence-electron chi connectivity index (χ3n) is 2.77. The lowest BCUT2D eigenvalue weighted by molar-refractivity contribution is -0.122. The Morgan fingerprint density at radius 2 is 2.22 bits per heavy atom. The van der Waals surface area contributed by atoms with Gasteiger partial charge in [-0.25, -0.2) is 9.48 Å². The fraction of sp³-hybridized carbons (Fsp3) is 0.600. The number of aromatic carboxylic acids is 1. The van der Waals surface area contributed by atoms with Crippen LogP contribution in [0.1, 0.15) is 23.3 Å². The molecule has 1 aliphatic rings. The lowest BCUT2D eigenvalue weighted by Crippen LogP contribution is -2.43. The van der Waals surface area contributed by atoms with Crippen molar-refractivity contribution in [2.75, 3.05) is 13.1 Å². The maximum absolute atomic E-state index is 11.7. The Labute approximate surface area is 103 Å². The molecule has 2 rings (SSSR count). The summed E-state index contributed by atoms with van der Waals surface area (Å²) in [4.78, 5) is 22.3. The number of nitrogens with one attached hydrogen (secondary N) is 2. The molecular formula is C10H15N5O3. The molecule has 3 N–H and O–H groups in total. The molecule has 0 aliphatic carbocycles. The van der Waals surface area contributed by atoms with E-state index in [4.69, 9.17) is 5.11 Å². The van der Waals surface area contributed by atoms with Crippen molar-refractivity contribution in [1.29, 1.82) is 0 Å². The predicted octanol–water partition coefficient (Wildman–Crippen LogP) is -1.16. The zero-order chi connectivity index (χ0) is 13.0. The van der Waals surface area contributed by atoms with E-state index in [1.807, 2.05) is 0 Å². The minimum Gasteiger partial charge on any atom is -0.476 e. The Bertz CT molecular complexity index is 438. The van der Waals surface area contributed by atoms with Crippen molar-refractivity contribution in [2.24, 2.45) is 0 Å². The van der Waals surface area contributed by atoms with Crippen LogP contribution < -0.4 is 10.6 Å². The average molecular weight is 253 g/mol. The van der Waals surface area contributed by atoms with Gasteiger partial charge in [0.2, 0.25) is 5.91 Å². The molecule has 0 spiro atoms. The van der Waals surface area contributed by atoms with E-state index in [9.17, 15) is 9.59 Å². The summed E-state index contributed by atoms with van der Waals surface area (Å²) in [6.45, 7) is 1.79. The van der Waals surface area contributed by atoms with Crippen LogP contribution in [0.2, 0.25) is 0 Å². The van der Waals surface area contributed by atoms with E-state index in [-0.39, 0.29) is 24.2 Å². The first-order valence-electron chi connectivity index (χ1n) is 5.78. The second-order valence-electron chi connectivity index (χ2n) is 4.20. The summed E-state index contributed by atoms with van der Waals surface area (Å²) in [5.41, 5.74) is -0.162. The summed E-state index contributed by atoms with van der Waals surface area (Å²) in [7, 11) is 0. The Morgan fingerprint density at radius 3 is 2.83 bits per heavy atom. The van der Waals surface area contributed by atoms with Crippen LogP contribution in [0.4, 0.5) is 0 Å². The van der Waals surface area contributed by atoms with Crippen molar-refractivity contribution >= 4 is 11.9 Å². The fourth-order valence-electron chi connectivity index (χ4n) is 1.86. The van der Waals surface area contributed by atoms with E-state index < -0.39 is 5.97 Å². The van der Waals surface area contributed by atoms with Gasteiger partial charge in [0.05, 0.1) is 6.20 Å². The highest BCUT2D eigenvalue weighted by Gasteiger charge is 2.16. The molecule has 1 saturated heterocycles. The molecule has 8 nitrogen and oxygen atoms in total. The van der Waals surface area contributed by atoms with Crippen LogP contribution in [-0.2, 0) is 11.3 Å².